The largest absolute Gasteiger partial charge is 0.354 e. The highest BCUT2D eigenvalue weighted by Gasteiger charge is 2.58. The molecular formula is C18H16Br2N2O. The molecule has 1 aromatic carbocycles. The van der Waals surface area contributed by atoms with E-state index in [2.05, 4.69) is 62.8 Å². The molecule has 1 fully saturated rings. The smallest absolute Gasteiger partial charge is 0.170 e. The summed E-state index contributed by atoms with van der Waals surface area (Å²) in [6.07, 6.45) is 3.22. The third-order valence-electron chi connectivity index (χ3n) is 4.43. The maximum atomic E-state index is 9.53. The fraction of sp³-hybridized carbons (Fsp3) is 0.333. The Balaban J connectivity index is 1.83. The topological polar surface area (TPSA) is 45.9 Å². The van der Waals surface area contributed by atoms with E-state index in [0.717, 1.165) is 19.9 Å². The lowest BCUT2D eigenvalue weighted by molar-refractivity contribution is 0.0529. The van der Waals surface area contributed by atoms with Crippen molar-refractivity contribution in [3.05, 3.63) is 51.6 Å². The molecular weight excluding hydrogens is 420 g/mol. The Labute approximate surface area is 152 Å². The van der Waals surface area contributed by atoms with Gasteiger partial charge in [0.25, 0.3) is 0 Å². The molecule has 0 saturated heterocycles. The third kappa shape index (κ3) is 3.35. The van der Waals surface area contributed by atoms with Crippen molar-refractivity contribution < 1.29 is 4.74 Å². The average molecular weight is 436 g/mol. The van der Waals surface area contributed by atoms with E-state index in [1.54, 1.807) is 6.20 Å². The van der Waals surface area contributed by atoms with Gasteiger partial charge < -0.3 is 4.74 Å². The van der Waals surface area contributed by atoms with E-state index >= 15 is 0 Å². The molecule has 23 heavy (non-hydrogen) atoms. The highest BCUT2D eigenvalue weighted by Crippen LogP contribution is 2.57. The second kappa shape index (κ2) is 6.35. The summed E-state index contributed by atoms with van der Waals surface area (Å²) in [5, 5.41) is 10.5. The molecule has 3 atom stereocenters. The molecule has 118 valence electrons. The summed E-state index contributed by atoms with van der Waals surface area (Å²) >= 11 is 6.79. The van der Waals surface area contributed by atoms with Crippen molar-refractivity contribution in [2.45, 2.75) is 26.1 Å². The van der Waals surface area contributed by atoms with Gasteiger partial charge in [0.15, 0.2) is 6.10 Å². The Kier molecular flexibility index (Phi) is 4.59. The summed E-state index contributed by atoms with van der Waals surface area (Å²) in [5.41, 5.74) is 1.74. The predicted octanol–water partition coefficient (Wildman–Crippen LogP) is 5.47. The second-order valence-electron chi connectivity index (χ2n) is 6.33. The zero-order valence-electron chi connectivity index (χ0n) is 12.8. The number of nitriles is 1. The van der Waals surface area contributed by atoms with Crippen molar-refractivity contribution in [2.24, 2.45) is 11.3 Å². The summed E-state index contributed by atoms with van der Waals surface area (Å²) in [6, 6.07) is 12.1. The molecule has 1 aliphatic rings. The molecule has 0 bridgehead atoms. The first-order valence-corrected chi connectivity index (χ1v) is 8.94. The summed E-state index contributed by atoms with van der Waals surface area (Å²) in [5.74, 6) is 0.278. The molecule has 0 unspecified atom stereocenters. The molecule has 0 N–H and O–H groups in total. The van der Waals surface area contributed by atoms with Crippen LogP contribution in [0.3, 0.4) is 0 Å². The summed E-state index contributed by atoms with van der Waals surface area (Å²) in [4.78, 5) is 4.42. The highest BCUT2D eigenvalue weighted by molar-refractivity contribution is 9.28. The zero-order valence-corrected chi connectivity index (χ0v) is 16.0. The minimum absolute atomic E-state index is 0.0173. The van der Waals surface area contributed by atoms with Crippen LogP contribution < -0.4 is 0 Å². The molecule has 0 spiro atoms. The third-order valence-corrected chi connectivity index (χ3v) is 4.96. The van der Waals surface area contributed by atoms with Crippen LogP contribution in [0.15, 0.2) is 46.0 Å². The SMILES string of the molecule is CC1(C)[C@H](C=C(Br)Br)[C@H]1O[C@H](C#N)c1cnc2ccccc2c1. The molecule has 3 rings (SSSR count). The Morgan fingerprint density at radius 3 is 2.83 bits per heavy atom. The van der Waals surface area contributed by atoms with Crippen molar-refractivity contribution in [3.8, 4) is 6.07 Å². The van der Waals surface area contributed by atoms with E-state index in [1.807, 2.05) is 30.3 Å². The summed E-state index contributed by atoms with van der Waals surface area (Å²) < 4.78 is 7.00. The Hall–Kier alpha value is -1.22. The number of fused-ring (bicyclic) bond motifs is 1. The Morgan fingerprint density at radius 2 is 2.13 bits per heavy atom. The van der Waals surface area contributed by atoms with Crippen LogP contribution in [0, 0.1) is 22.7 Å². The Morgan fingerprint density at radius 1 is 1.39 bits per heavy atom. The molecule has 1 aromatic heterocycles. The maximum absolute atomic E-state index is 9.53. The molecule has 1 saturated carbocycles. The molecule has 0 amide bonds. The van der Waals surface area contributed by atoms with Crippen LogP contribution in [0.4, 0.5) is 0 Å². The summed E-state index contributed by atoms with van der Waals surface area (Å²) in [6.45, 7) is 4.30. The van der Waals surface area contributed by atoms with E-state index in [0.29, 0.717) is 0 Å². The van der Waals surface area contributed by atoms with Gasteiger partial charge >= 0.3 is 0 Å². The van der Waals surface area contributed by atoms with Crippen molar-refractivity contribution in [3.63, 3.8) is 0 Å². The van der Waals surface area contributed by atoms with Crippen LogP contribution >= 0.6 is 31.9 Å². The van der Waals surface area contributed by atoms with Crippen LogP contribution in [0.2, 0.25) is 0 Å². The van der Waals surface area contributed by atoms with Gasteiger partial charge in [-0.2, -0.15) is 5.26 Å². The van der Waals surface area contributed by atoms with Gasteiger partial charge in [0.1, 0.15) is 0 Å². The van der Waals surface area contributed by atoms with E-state index in [1.165, 1.54) is 0 Å². The number of halogens is 2. The van der Waals surface area contributed by atoms with Gasteiger partial charge in [0, 0.05) is 28.5 Å². The standard InChI is InChI=1S/C18H16Br2N2O/c1-18(2)13(8-16(19)20)17(18)23-15(9-21)12-7-11-5-3-4-6-14(11)22-10-12/h3-8,10,13,15,17H,1-2H3/t13-,15-,17-/m1/s1. The molecule has 0 radical (unpaired) electrons. The van der Waals surface area contributed by atoms with Gasteiger partial charge in [0.05, 0.1) is 21.1 Å². The van der Waals surface area contributed by atoms with Crippen molar-refractivity contribution >= 4 is 42.8 Å². The van der Waals surface area contributed by atoms with Crippen molar-refractivity contribution in [1.82, 2.24) is 4.98 Å². The minimum Gasteiger partial charge on any atom is -0.354 e. The van der Waals surface area contributed by atoms with E-state index in [-0.39, 0.29) is 17.4 Å². The van der Waals surface area contributed by atoms with E-state index in [4.69, 9.17) is 4.74 Å². The lowest BCUT2D eigenvalue weighted by Crippen LogP contribution is -2.08. The lowest BCUT2D eigenvalue weighted by Gasteiger charge is -2.12. The number of para-hydroxylation sites is 1. The predicted molar refractivity (Wildman–Crippen MR) is 98.2 cm³/mol. The number of rotatable bonds is 4. The number of hydrogen-bond acceptors (Lipinski definition) is 3. The van der Waals surface area contributed by atoms with Crippen LogP contribution in [-0.4, -0.2) is 11.1 Å². The fourth-order valence-electron chi connectivity index (χ4n) is 2.89. The number of hydrogen-bond donors (Lipinski definition) is 0. The first kappa shape index (κ1) is 16.6. The van der Waals surface area contributed by atoms with Crippen LogP contribution in [-0.2, 0) is 4.74 Å². The first-order valence-electron chi connectivity index (χ1n) is 7.36. The van der Waals surface area contributed by atoms with E-state index in [9.17, 15) is 5.26 Å². The van der Waals surface area contributed by atoms with Crippen molar-refractivity contribution in [2.75, 3.05) is 0 Å². The fourth-order valence-corrected chi connectivity index (χ4v) is 3.46. The number of nitrogens with zero attached hydrogens (tertiary/aromatic N) is 2. The molecule has 5 heteroatoms. The van der Waals surface area contributed by atoms with Crippen LogP contribution in [0.25, 0.3) is 10.9 Å². The zero-order chi connectivity index (χ0) is 16.6. The minimum atomic E-state index is -0.608. The van der Waals surface area contributed by atoms with Crippen LogP contribution in [0.1, 0.15) is 25.5 Å². The van der Waals surface area contributed by atoms with Crippen LogP contribution in [0.5, 0.6) is 0 Å². The normalized spacial score (nSPS) is 23.1. The van der Waals surface area contributed by atoms with Gasteiger partial charge in [-0.1, -0.05) is 38.1 Å². The maximum Gasteiger partial charge on any atom is 0.170 e. The van der Waals surface area contributed by atoms with Crippen molar-refractivity contribution in [1.29, 1.82) is 5.26 Å². The number of benzene rings is 1. The number of aromatic nitrogens is 1. The first-order chi connectivity index (χ1) is 10.9. The van der Waals surface area contributed by atoms with Gasteiger partial charge in [-0.15, -0.1) is 0 Å². The second-order valence-corrected chi connectivity index (χ2v) is 9.10. The van der Waals surface area contributed by atoms with Gasteiger partial charge in [0.2, 0.25) is 0 Å². The van der Waals surface area contributed by atoms with Gasteiger partial charge in [-0.25, -0.2) is 0 Å². The number of ether oxygens (including phenoxy) is 1. The molecule has 1 heterocycles. The molecule has 1 aliphatic carbocycles. The van der Waals surface area contributed by atoms with E-state index < -0.39 is 6.10 Å². The quantitative estimate of drug-likeness (QED) is 0.639. The van der Waals surface area contributed by atoms with Gasteiger partial charge in [-0.3, -0.25) is 4.98 Å². The Bertz CT molecular complexity index is 806. The lowest BCUT2D eigenvalue weighted by atomic mass is 10.1. The molecule has 3 nitrogen and oxygen atoms in total. The summed E-state index contributed by atoms with van der Waals surface area (Å²) in [7, 11) is 0. The molecule has 2 aromatic rings. The monoisotopic (exact) mass is 434 g/mol. The molecule has 0 aliphatic heterocycles. The van der Waals surface area contributed by atoms with Gasteiger partial charge in [-0.05, 0) is 44.0 Å². The number of pyridine rings is 1. The average Bonchev–Trinajstić information content (AvgIpc) is 3.03. The highest BCUT2D eigenvalue weighted by atomic mass is 79.9.